The van der Waals surface area contributed by atoms with E-state index in [4.69, 9.17) is 46.4 Å². The van der Waals surface area contributed by atoms with Gasteiger partial charge in [0, 0.05) is 5.56 Å². The van der Waals surface area contributed by atoms with Gasteiger partial charge in [0.2, 0.25) is 0 Å². The molecule has 1 aromatic heterocycles. The summed E-state index contributed by atoms with van der Waals surface area (Å²) < 4.78 is 0. The second kappa shape index (κ2) is 5.64. The minimum absolute atomic E-state index is 0.0102. The van der Waals surface area contributed by atoms with Crippen LogP contribution in [0.1, 0.15) is 17.2 Å². The van der Waals surface area contributed by atoms with Crippen molar-refractivity contribution in [1.82, 2.24) is 4.98 Å². The number of pyridine rings is 1. The Morgan fingerprint density at radius 3 is 1.89 bits per heavy atom. The van der Waals surface area contributed by atoms with Crippen molar-refractivity contribution < 1.29 is 5.11 Å². The van der Waals surface area contributed by atoms with Crippen LogP contribution in [0.25, 0.3) is 0 Å². The van der Waals surface area contributed by atoms with Crippen molar-refractivity contribution in [2.24, 2.45) is 0 Å². The van der Waals surface area contributed by atoms with Gasteiger partial charge >= 0.3 is 0 Å². The Hall–Kier alpha value is -0.510. The third-order valence-electron chi connectivity index (χ3n) is 2.42. The molecule has 0 bridgehead atoms. The van der Waals surface area contributed by atoms with E-state index in [0.717, 1.165) is 0 Å². The van der Waals surface area contributed by atoms with Crippen molar-refractivity contribution in [3.8, 4) is 0 Å². The van der Waals surface area contributed by atoms with E-state index in [2.05, 4.69) is 4.98 Å². The van der Waals surface area contributed by atoms with Crippen LogP contribution >= 0.6 is 46.4 Å². The molecule has 2 rings (SSSR count). The van der Waals surface area contributed by atoms with Crippen LogP contribution in [0.3, 0.4) is 0 Å². The predicted molar refractivity (Wildman–Crippen MR) is 74.8 cm³/mol. The van der Waals surface area contributed by atoms with Gasteiger partial charge in [-0.25, -0.2) is 4.98 Å². The highest BCUT2D eigenvalue weighted by atomic mass is 35.5. The van der Waals surface area contributed by atoms with Crippen molar-refractivity contribution in [2.45, 2.75) is 6.10 Å². The number of hydrogen-bond acceptors (Lipinski definition) is 2. The van der Waals surface area contributed by atoms with E-state index < -0.39 is 6.10 Å². The second-order valence-electron chi connectivity index (χ2n) is 3.55. The Bertz CT molecular complexity index is 548. The molecule has 0 amide bonds. The SMILES string of the molecule is O[C@H](c1ccccc1)c1c(Cl)c(Cl)nc(Cl)c1Cl. The van der Waals surface area contributed by atoms with E-state index in [1.807, 2.05) is 6.07 Å². The van der Waals surface area contributed by atoms with Crippen LogP contribution in [0.4, 0.5) is 0 Å². The summed E-state index contributed by atoms with van der Waals surface area (Å²) in [7, 11) is 0. The first-order valence-corrected chi connectivity index (χ1v) is 6.46. The monoisotopic (exact) mass is 321 g/mol. The van der Waals surface area contributed by atoms with Crippen LogP contribution in [0.2, 0.25) is 20.4 Å². The van der Waals surface area contributed by atoms with Crippen molar-refractivity contribution in [1.29, 1.82) is 0 Å². The fourth-order valence-corrected chi connectivity index (χ4v) is 2.49. The molecule has 0 fully saturated rings. The number of aliphatic hydroxyl groups is 1. The fraction of sp³-hybridized carbons (Fsp3) is 0.0833. The molecule has 0 spiro atoms. The van der Waals surface area contributed by atoms with E-state index in [1.54, 1.807) is 24.3 Å². The molecule has 18 heavy (non-hydrogen) atoms. The number of halogens is 4. The Morgan fingerprint density at radius 1 is 0.889 bits per heavy atom. The smallest absolute Gasteiger partial charge is 0.149 e. The third kappa shape index (κ3) is 2.58. The summed E-state index contributed by atoms with van der Waals surface area (Å²) in [5, 5.41) is 10.5. The van der Waals surface area contributed by atoms with E-state index >= 15 is 0 Å². The highest BCUT2D eigenvalue weighted by Gasteiger charge is 2.22. The van der Waals surface area contributed by atoms with E-state index in [1.165, 1.54) is 0 Å². The summed E-state index contributed by atoms with van der Waals surface area (Å²) >= 11 is 23.7. The molecule has 0 aliphatic heterocycles. The summed E-state index contributed by atoms with van der Waals surface area (Å²) in [6, 6.07) is 8.93. The van der Waals surface area contributed by atoms with Gasteiger partial charge in [0.1, 0.15) is 16.4 Å². The van der Waals surface area contributed by atoms with Crippen LogP contribution in [0.15, 0.2) is 30.3 Å². The molecule has 0 aliphatic rings. The normalized spacial score (nSPS) is 12.5. The number of aromatic nitrogens is 1. The van der Waals surface area contributed by atoms with Gasteiger partial charge in [0.25, 0.3) is 0 Å². The van der Waals surface area contributed by atoms with Crippen LogP contribution in [-0.4, -0.2) is 10.1 Å². The zero-order valence-electron chi connectivity index (χ0n) is 8.87. The summed E-state index contributed by atoms with van der Waals surface area (Å²) in [4.78, 5) is 3.77. The number of hydrogen-bond donors (Lipinski definition) is 1. The Balaban J connectivity index is 2.58. The van der Waals surface area contributed by atoms with Gasteiger partial charge in [-0.2, -0.15) is 0 Å². The lowest BCUT2D eigenvalue weighted by Gasteiger charge is -2.16. The molecule has 2 nitrogen and oxygen atoms in total. The van der Waals surface area contributed by atoms with Crippen molar-refractivity contribution in [2.75, 3.05) is 0 Å². The Labute approximate surface area is 124 Å². The van der Waals surface area contributed by atoms with E-state index in [9.17, 15) is 5.11 Å². The van der Waals surface area contributed by atoms with Crippen molar-refractivity contribution in [3.63, 3.8) is 0 Å². The molecule has 0 saturated carbocycles. The molecule has 0 saturated heterocycles. The molecule has 1 N–H and O–H groups in total. The number of aliphatic hydroxyl groups excluding tert-OH is 1. The maximum atomic E-state index is 10.3. The summed E-state index contributed by atoms with van der Waals surface area (Å²) in [5.74, 6) is 0. The minimum atomic E-state index is -1.01. The lowest BCUT2D eigenvalue weighted by molar-refractivity contribution is 0.220. The Kier molecular flexibility index (Phi) is 4.36. The quantitative estimate of drug-likeness (QED) is 0.807. The lowest BCUT2D eigenvalue weighted by atomic mass is 10.0. The first-order chi connectivity index (χ1) is 8.52. The molecule has 1 atom stereocenters. The highest BCUT2D eigenvalue weighted by Crippen LogP contribution is 2.40. The second-order valence-corrected chi connectivity index (χ2v) is 5.02. The van der Waals surface area contributed by atoms with Gasteiger partial charge < -0.3 is 5.11 Å². The van der Waals surface area contributed by atoms with Gasteiger partial charge in [-0.3, -0.25) is 0 Å². The van der Waals surface area contributed by atoms with Gasteiger partial charge in [-0.15, -0.1) is 0 Å². The van der Waals surface area contributed by atoms with Gasteiger partial charge in [-0.1, -0.05) is 76.7 Å². The molecule has 1 heterocycles. The average molecular weight is 323 g/mol. The van der Waals surface area contributed by atoms with Crippen LogP contribution < -0.4 is 0 Å². The first-order valence-electron chi connectivity index (χ1n) is 4.95. The van der Waals surface area contributed by atoms with Gasteiger partial charge in [0.05, 0.1) is 10.0 Å². The molecule has 0 aliphatic carbocycles. The maximum absolute atomic E-state index is 10.3. The van der Waals surface area contributed by atoms with Crippen LogP contribution in [-0.2, 0) is 0 Å². The molecule has 0 radical (unpaired) electrons. The molecular formula is C12H7Cl4NO. The maximum Gasteiger partial charge on any atom is 0.149 e. The number of nitrogens with zero attached hydrogens (tertiary/aromatic N) is 1. The Morgan fingerprint density at radius 2 is 1.39 bits per heavy atom. The standard InChI is InChI=1S/C12H7Cl4NO/c13-8-7(9(14)12(16)17-11(8)15)10(18)6-4-2-1-3-5-6/h1-5,10,18H/t10-/m1/s1. The molecule has 2 aromatic rings. The summed E-state index contributed by atoms with van der Waals surface area (Å²) in [5.41, 5.74) is 0.897. The molecule has 1 aromatic carbocycles. The molecule has 6 heteroatoms. The zero-order valence-corrected chi connectivity index (χ0v) is 11.9. The van der Waals surface area contributed by atoms with Gasteiger partial charge in [0.15, 0.2) is 0 Å². The highest BCUT2D eigenvalue weighted by molar-refractivity contribution is 6.46. The molecule has 94 valence electrons. The number of rotatable bonds is 2. The first kappa shape index (κ1) is 13.9. The van der Waals surface area contributed by atoms with Crippen LogP contribution in [0.5, 0.6) is 0 Å². The molecule has 0 unspecified atom stereocenters. The topological polar surface area (TPSA) is 33.1 Å². The average Bonchev–Trinajstić information content (AvgIpc) is 2.37. The molecular weight excluding hydrogens is 316 g/mol. The lowest BCUT2D eigenvalue weighted by Crippen LogP contribution is -2.03. The fourth-order valence-electron chi connectivity index (χ4n) is 1.55. The third-order valence-corrected chi connectivity index (χ3v) is 3.93. The predicted octanol–water partition coefficient (Wildman–Crippen LogP) is 4.78. The van der Waals surface area contributed by atoms with E-state index in [-0.39, 0.29) is 25.9 Å². The van der Waals surface area contributed by atoms with Gasteiger partial charge in [-0.05, 0) is 5.56 Å². The number of benzene rings is 1. The summed E-state index contributed by atoms with van der Waals surface area (Å²) in [6.45, 7) is 0. The van der Waals surface area contributed by atoms with Crippen molar-refractivity contribution in [3.05, 3.63) is 61.8 Å². The minimum Gasteiger partial charge on any atom is -0.384 e. The van der Waals surface area contributed by atoms with E-state index in [0.29, 0.717) is 5.56 Å². The summed E-state index contributed by atoms with van der Waals surface area (Å²) in [6.07, 6.45) is -1.01. The van der Waals surface area contributed by atoms with Crippen LogP contribution in [0, 0.1) is 0 Å². The van der Waals surface area contributed by atoms with Crippen molar-refractivity contribution >= 4 is 46.4 Å². The zero-order chi connectivity index (χ0) is 13.3. The largest absolute Gasteiger partial charge is 0.384 e.